The summed E-state index contributed by atoms with van der Waals surface area (Å²) < 4.78 is 19.0. The van der Waals surface area contributed by atoms with Crippen molar-refractivity contribution in [1.29, 1.82) is 0 Å². The van der Waals surface area contributed by atoms with Gasteiger partial charge in [-0.1, -0.05) is 12.1 Å². The molecular weight excluding hydrogens is 317 g/mol. The molecule has 0 bridgehead atoms. The van der Waals surface area contributed by atoms with E-state index in [1.54, 1.807) is 22.4 Å². The molecule has 1 aliphatic heterocycles. The standard InChI is InChI=1S/C16H18FN3O2S/c1-10-7-20(16(21)13-9-23-15(6-18)19-13)8-14(22-10)11-2-4-12(17)5-3-11/h2-5,9-10,14H,6-8,18H2,1H3/t10-,14+/m0/s1. The van der Waals surface area contributed by atoms with Crippen molar-refractivity contribution in [3.8, 4) is 0 Å². The summed E-state index contributed by atoms with van der Waals surface area (Å²) in [6, 6.07) is 6.18. The predicted molar refractivity (Wildman–Crippen MR) is 85.6 cm³/mol. The van der Waals surface area contributed by atoms with Gasteiger partial charge < -0.3 is 15.4 Å². The molecule has 3 rings (SSSR count). The summed E-state index contributed by atoms with van der Waals surface area (Å²) in [7, 11) is 0. The second kappa shape index (κ2) is 6.74. The molecule has 7 heteroatoms. The Kier molecular flexibility index (Phi) is 4.70. The number of carbonyl (C=O) groups excluding carboxylic acids is 1. The Morgan fingerprint density at radius 3 is 2.83 bits per heavy atom. The molecule has 2 atom stereocenters. The normalized spacial score (nSPS) is 21.4. The second-order valence-corrected chi connectivity index (χ2v) is 6.47. The third kappa shape index (κ3) is 3.57. The number of carbonyl (C=O) groups is 1. The fraction of sp³-hybridized carbons (Fsp3) is 0.375. The van der Waals surface area contributed by atoms with E-state index >= 15 is 0 Å². The van der Waals surface area contributed by atoms with Gasteiger partial charge in [0, 0.05) is 18.5 Å². The summed E-state index contributed by atoms with van der Waals surface area (Å²) in [6.07, 6.45) is -0.369. The molecule has 0 unspecified atom stereocenters. The van der Waals surface area contributed by atoms with Crippen LogP contribution in [0.2, 0.25) is 0 Å². The van der Waals surface area contributed by atoms with E-state index in [-0.39, 0.29) is 23.9 Å². The molecular formula is C16H18FN3O2S. The Labute approximate surface area is 137 Å². The average Bonchev–Trinajstić information content (AvgIpc) is 3.03. The van der Waals surface area contributed by atoms with E-state index in [0.717, 1.165) is 10.6 Å². The zero-order valence-electron chi connectivity index (χ0n) is 12.7. The predicted octanol–water partition coefficient (Wildman–Crippen LogP) is 2.34. The summed E-state index contributed by atoms with van der Waals surface area (Å²) in [5.74, 6) is -0.412. The molecule has 1 amide bonds. The van der Waals surface area contributed by atoms with Crippen LogP contribution in [-0.4, -0.2) is 35.0 Å². The molecule has 122 valence electrons. The molecule has 0 aliphatic carbocycles. The SMILES string of the molecule is C[C@H]1CN(C(=O)c2csc(CN)n2)C[C@H](c2ccc(F)cc2)O1. The quantitative estimate of drug-likeness (QED) is 0.935. The third-order valence-electron chi connectivity index (χ3n) is 3.73. The van der Waals surface area contributed by atoms with E-state index in [1.165, 1.54) is 23.5 Å². The van der Waals surface area contributed by atoms with E-state index < -0.39 is 0 Å². The number of benzene rings is 1. The van der Waals surface area contributed by atoms with Crippen LogP contribution in [0.1, 0.15) is 34.1 Å². The van der Waals surface area contributed by atoms with Gasteiger partial charge in [-0.3, -0.25) is 4.79 Å². The van der Waals surface area contributed by atoms with E-state index in [2.05, 4.69) is 4.98 Å². The molecule has 0 saturated carbocycles. The number of hydrogen-bond donors (Lipinski definition) is 1. The summed E-state index contributed by atoms with van der Waals surface area (Å²) >= 11 is 1.38. The highest BCUT2D eigenvalue weighted by molar-refractivity contribution is 7.09. The first kappa shape index (κ1) is 16.0. The first-order chi connectivity index (χ1) is 11.1. The number of halogens is 1. The van der Waals surface area contributed by atoms with Crippen LogP contribution in [0.15, 0.2) is 29.6 Å². The minimum absolute atomic E-state index is 0.102. The van der Waals surface area contributed by atoms with Gasteiger partial charge in [0.05, 0.1) is 12.6 Å². The molecule has 2 N–H and O–H groups in total. The molecule has 0 spiro atoms. The monoisotopic (exact) mass is 335 g/mol. The second-order valence-electron chi connectivity index (χ2n) is 5.53. The van der Waals surface area contributed by atoms with Gasteiger partial charge in [-0.15, -0.1) is 11.3 Å². The fourth-order valence-corrected chi connectivity index (χ4v) is 3.29. The molecule has 1 aliphatic rings. The largest absolute Gasteiger partial charge is 0.367 e. The number of aromatic nitrogens is 1. The number of thiazole rings is 1. The highest BCUT2D eigenvalue weighted by Gasteiger charge is 2.30. The zero-order chi connectivity index (χ0) is 16.4. The topological polar surface area (TPSA) is 68.5 Å². The van der Waals surface area contributed by atoms with E-state index in [9.17, 15) is 9.18 Å². The van der Waals surface area contributed by atoms with Crippen LogP contribution >= 0.6 is 11.3 Å². The lowest BCUT2D eigenvalue weighted by Gasteiger charge is -2.36. The van der Waals surface area contributed by atoms with E-state index in [0.29, 0.717) is 25.3 Å². The Balaban J connectivity index is 1.77. The number of rotatable bonds is 3. The number of amides is 1. The summed E-state index contributed by atoms with van der Waals surface area (Å²) in [5.41, 5.74) is 6.82. The lowest BCUT2D eigenvalue weighted by atomic mass is 10.1. The molecule has 5 nitrogen and oxygen atoms in total. The lowest BCUT2D eigenvalue weighted by molar-refractivity contribution is -0.0693. The number of hydrogen-bond acceptors (Lipinski definition) is 5. The number of nitrogens with zero attached hydrogens (tertiary/aromatic N) is 2. The highest BCUT2D eigenvalue weighted by Crippen LogP contribution is 2.26. The first-order valence-electron chi connectivity index (χ1n) is 7.41. The molecule has 23 heavy (non-hydrogen) atoms. The summed E-state index contributed by atoms with van der Waals surface area (Å²) in [4.78, 5) is 18.6. The third-order valence-corrected chi connectivity index (χ3v) is 4.61. The van der Waals surface area contributed by atoms with E-state index in [4.69, 9.17) is 10.5 Å². The maximum absolute atomic E-state index is 13.1. The highest BCUT2D eigenvalue weighted by atomic mass is 32.1. The van der Waals surface area contributed by atoms with Gasteiger partial charge in [0.25, 0.3) is 5.91 Å². The van der Waals surface area contributed by atoms with Crippen molar-refractivity contribution in [2.45, 2.75) is 25.7 Å². The van der Waals surface area contributed by atoms with Crippen LogP contribution in [-0.2, 0) is 11.3 Å². The van der Waals surface area contributed by atoms with Gasteiger partial charge in [-0.05, 0) is 24.6 Å². The number of nitrogens with two attached hydrogens (primary N) is 1. The first-order valence-corrected chi connectivity index (χ1v) is 8.29. The Hall–Kier alpha value is -1.83. The van der Waals surface area contributed by atoms with Crippen LogP contribution in [0.25, 0.3) is 0 Å². The Morgan fingerprint density at radius 2 is 2.17 bits per heavy atom. The molecule has 1 aromatic carbocycles. The Morgan fingerprint density at radius 1 is 1.43 bits per heavy atom. The van der Waals surface area contributed by atoms with E-state index in [1.807, 2.05) is 6.92 Å². The van der Waals surface area contributed by atoms with Crippen LogP contribution in [0.5, 0.6) is 0 Å². The molecule has 1 aromatic heterocycles. The number of morpholine rings is 1. The minimum atomic E-state index is -0.290. The molecule has 1 saturated heterocycles. The molecule has 2 aromatic rings. The van der Waals surface area contributed by atoms with Crippen molar-refractivity contribution in [3.05, 3.63) is 51.7 Å². The van der Waals surface area contributed by atoms with Crippen molar-refractivity contribution in [1.82, 2.24) is 9.88 Å². The van der Waals surface area contributed by atoms with Crippen molar-refractivity contribution >= 4 is 17.2 Å². The number of ether oxygens (including phenoxy) is 1. The lowest BCUT2D eigenvalue weighted by Crippen LogP contribution is -2.46. The van der Waals surface area contributed by atoms with Gasteiger partial charge in [0.2, 0.25) is 0 Å². The van der Waals surface area contributed by atoms with Crippen molar-refractivity contribution in [2.75, 3.05) is 13.1 Å². The van der Waals surface area contributed by atoms with Crippen LogP contribution in [0, 0.1) is 5.82 Å². The molecule has 0 radical (unpaired) electrons. The summed E-state index contributed by atoms with van der Waals surface area (Å²) in [6.45, 7) is 3.17. The average molecular weight is 335 g/mol. The van der Waals surface area contributed by atoms with Crippen molar-refractivity contribution in [2.24, 2.45) is 5.73 Å². The van der Waals surface area contributed by atoms with Gasteiger partial charge in [-0.25, -0.2) is 9.37 Å². The van der Waals surface area contributed by atoms with Gasteiger partial charge in [0.15, 0.2) is 0 Å². The smallest absolute Gasteiger partial charge is 0.273 e. The summed E-state index contributed by atoms with van der Waals surface area (Å²) in [5, 5.41) is 2.47. The van der Waals surface area contributed by atoms with Crippen molar-refractivity contribution < 1.29 is 13.9 Å². The van der Waals surface area contributed by atoms with Crippen molar-refractivity contribution in [3.63, 3.8) is 0 Å². The fourth-order valence-electron chi connectivity index (χ4n) is 2.64. The minimum Gasteiger partial charge on any atom is -0.367 e. The maximum Gasteiger partial charge on any atom is 0.273 e. The van der Waals surface area contributed by atoms with Crippen LogP contribution < -0.4 is 5.73 Å². The van der Waals surface area contributed by atoms with Crippen LogP contribution in [0.3, 0.4) is 0 Å². The zero-order valence-corrected chi connectivity index (χ0v) is 13.6. The van der Waals surface area contributed by atoms with Gasteiger partial charge in [0.1, 0.15) is 22.6 Å². The van der Waals surface area contributed by atoms with Crippen LogP contribution in [0.4, 0.5) is 4.39 Å². The molecule has 1 fully saturated rings. The molecule has 2 heterocycles. The van der Waals surface area contributed by atoms with Gasteiger partial charge >= 0.3 is 0 Å². The Bertz CT molecular complexity index is 689. The maximum atomic E-state index is 13.1. The van der Waals surface area contributed by atoms with Gasteiger partial charge in [-0.2, -0.15) is 0 Å².